The van der Waals surface area contributed by atoms with Crippen LogP contribution in [0.15, 0.2) is 0 Å². The van der Waals surface area contributed by atoms with Crippen LogP contribution in [0.1, 0.15) is 48.3 Å². The standard InChI is InChI=1S/C12H22N2OS/c1-8(6-5-7-15)13-9(2)12-10(3)14-11(4)16-12/h8-9,13,15H,5-7H2,1-4H3. The van der Waals surface area contributed by atoms with E-state index in [2.05, 4.69) is 31.1 Å². The maximum atomic E-state index is 8.78. The topological polar surface area (TPSA) is 45.2 Å². The first kappa shape index (κ1) is 13.6. The fourth-order valence-corrected chi connectivity index (χ4v) is 2.87. The Hall–Kier alpha value is -0.450. The largest absolute Gasteiger partial charge is 0.396 e. The second-order valence-electron chi connectivity index (χ2n) is 4.34. The molecule has 16 heavy (non-hydrogen) atoms. The third-order valence-corrected chi connectivity index (χ3v) is 3.92. The Kier molecular flexibility index (Phi) is 5.38. The minimum atomic E-state index is 0.277. The van der Waals surface area contributed by atoms with Crippen molar-refractivity contribution < 1.29 is 5.11 Å². The van der Waals surface area contributed by atoms with Crippen LogP contribution in [0.5, 0.6) is 0 Å². The van der Waals surface area contributed by atoms with Crippen molar-refractivity contribution in [1.82, 2.24) is 10.3 Å². The summed E-state index contributed by atoms with van der Waals surface area (Å²) >= 11 is 1.77. The zero-order valence-electron chi connectivity index (χ0n) is 10.6. The minimum Gasteiger partial charge on any atom is -0.396 e. The summed E-state index contributed by atoms with van der Waals surface area (Å²) in [7, 11) is 0. The molecule has 0 radical (unpaired) electrons. The Morgan fingerprint density at radius 3 is 2.56 bits per heavy atom. The Morgan fingerprint density at radius 2 is 2.06 bits per heavy atom. The third-order valence-electron chi connectivity index (χ3n) is 2.66. The molecule has 3 nitrogen and oxygen atoms in total. The van der Waals surface area contributed by atoms with Crippen LogP contribution in [-0.4, -0.2) is 22.7 Å². The number of rotatable bonds is 6. The normalized spacial score (nSPS) is 15.1. The zero-order valence-corrected chi connectivity index (χ0v) is 11.4. The van der Waals surface area contributed by atoms with Gasteiger partial charge in [-0.15, -0.1) is 11.3 Å². The molecular weight excluding hydrogens is 220 g/mol. The summed E-state index contributed by atoms with van der Waals surface area (Å²) in [6.45, 7) is 8.72. The smallest absolute Gasteiger partial charge is 0.0900 e. The van der Waals surface area contributed by atoms with Crippen molar-refractivity contribution in [2.45, 2.75) is 52.6 Å². The molecule has 2 atom stereocenters. The highest BCUT2D eigenvalue weighted by atomic mass is 32.1. The molecule has 1 aromatic heterocycles. The second kappa shape index (κ2) is 6.33. The van der Waals surface area contributed by atoms with Crippen molar-refractivity contribution in [3.8, 4) is 0 Å². The van der Waals surface area contributed by atoms with E-state index >= 15 is 0 Å². The minimum absolute atomic E-state index is 0.277. The number of nitrogens with one attached hydrogen (secondary N) is 1. The third kappa shape index (κ3) is 3.85. The van der Waals surface area contributed by atoms with Gasteiger partial charge in [-0.1, -0.05) is 0 Å². The molecular formula is C12H22N2OS. The molecule has 0 aliphatic rings. The maximum absolute atomic E-state index is 8.78. The number of hydrogen-bond donors (Lipinski definition) is 2. The Balaban J connectivity index is 2.51. The van der Waals surface area contributed by atoms with Gasteiger partial charge < -0.3 is 10.4 Å². The number of hydrogen-bond acceptors (Lipinski definition) is 4. The Morgan fingerprint density at radius 1 is 1.38 bits per heavy atom. The van der Waals surface area contributed by atoms with Gasteiger partial charge in [0.15, 0.2) is 0 Å². The van der Waals surface area contributed by atoms with E-state index in [-0.39, 0.29) is 6.61 Å². The van der Waals surface area contributed by atoms with Crippen molar-refractivity contribution in [3.05, 3.63) is 15.6 Å². The first-order valence-electron chi connectivity index (χ1n) is 5.85. The van der Waals surface area contributed by atoms with Gasteiger partial charge in [0.1, 0.15) is 0 Å². The Bertz CT molecular complexity index is 325. The molecule has 0 spiro atoms. The summed E-state index contributed by atoms with van der Waals surface area (Å²) < 4.78 is 0. The van der Waals surface area contributed by atoms with E-state index in [1.807, 2.05) is 6.92 Å². The van der Waals surface area contributed by atoms with Gasteiger partial charge in [-0.2, -0.15) is 0 Å². The van der Waals surface area contributed by atoms with E-state index in [1.165, 1.54) is 4.88 Å². The van der Waals surface area contributed by atoms with Gasteiger partial charge in [0, 0.05) is 23.6 Å². The van der Waals surface area contributed by atoms with E-state index in [1.54, 1.807) is 11.3 Å². The molecule has 0 amide bonds. The fraction of sp³-hybridized carbons (Fsp3) is 0.750. The molecule has 2 unspecified atom stereocenters. The van der Waals surface area contributed by atoms with Crippen molar-refractivity contribution in [2.75, 3.05) is 6.61 Å². The first-order valence-corrected chi connectivity index (χ1v) is 6.67. The molecule has 1 rings (SSSR count). The van der Waals surface area contributed by atoms with Crippen LogP contribution < -0.4 is 5.32 Å². The van der Waals surface area contributed by atoms with E-state index in [4.69, 9.17) is 5.11 Å². The molecule has 1 aromatic rings. The number of nitrogens with zero attached hydrogens (tertiary/aromatic N) is 1. The van der Waals surface area contributed by atoms with Crippen molar-refractivity contribution in [3.63, 3.8) is 0 Å². The molecule has 0 fully saturated rings. The van der Waals surface area contributed by atoms with Gasteiger partial charge in [-0.05, 0) is 40.5 Å². The van der Waals surface area contributed by atoms with Crippen LogP contribution in [0.3, 0.4) is 0 Å². The lowest BCUT2D eigenvalue weighted by molar-refractivity contribution is 0.274. The number of thiazole rings is 1. The molecule has 0 bridgehead atoms. The summed E-state index contributed by atoms with van der Waals surface area (Å²) in [6, 6.07) is 0.781. The molecule has 4 heteroatoms. The van der Waals surface area contributed by atoms with Gasteiger partial charge in [0.05, 0.1) is 10.7 Å². The van der Waals surface area contributed by atoms with Crippen molar-refractivity contribution in [2.24, 2.45) is 0 Å². The lowest BCUT2D eigenvalue weighted by Gasteiger charge is -2.19. The van der Waals surface area contributed by atoms with Gasteiger partial charge in [-0.3, -0.25) is 0 Å². The number of aliphatic hydroxyl groups is 1. The molecule has 0 saturated heterocycles. The average Bonchev–Trinajstić information content (AvgIpc) is 2.54. The number of aryl methyl sites for hydroxylation is 2. The molecule has 0 aromatic carbocycles. The molecule has 0 aliphatic heterocycles. The molecule has 0 saturated carbocycles. The molecule has 0 aliphatic carbocycles. The highest BCUT2D eigenvalue weighted by Gasteiger charge is 2.14. The summed E-state index contributed by atoms with van der Waals surface area (Å²) in [6.07, 6.45) is 1.87. The Labute approximate surface area is 102 Å². The van der Waals surface area contributed by atoms with Gasteiger partial charge in [0.25, 0.3) is 0 Å². The highest BCUT2D eigenvalue weighted by Crippen LogP contribution is 2.24. The predicted octanol–water partition coefficient (Wildman–Crippen LogP) is 2.57. The SMILES string of the molecule is Cc1nc(C)c(C(C)NC(C)CCCO)s1. The van der Waals surface area contributed by atoms with E-state index in [9.17, 15) is 0 Å². The van der Waals surface area contributed by atoms with Gasteiger partial charge in [-0.25, -0.2) is 4.98 Å². The van der Waals surface area contributed by atoms with Crippen LogP contribution in [0.4, 0.5) is 0 Å². The van der Waals surface area contributed by atoms with Crippen LogP contribution >= 0.6 is 11.3 Å². The van der Waals surface area contributed by atoms with E-state index in [0.29, 0.717) is 12.1 Å². The van der Waals surface area contributed by atoms with E-state index in [0.717, 1.165) is 23.5 Å². The van der Waals surface area contributed by atoms with Gasteiger partial charge in [0.2, 0.25) is 0 Å². The highest BCUT2D eigenvalue weighted by molar-refractivity contribution is 7.11. The van der Waals surface area contributed by atoms with E-state index < -0.39 is 0 Å². The first-order chi connectivity index (χ1) is 7.54. The number of aliphatic hydroxyl groups excluding tert-OH is 1. The predicted molar refractivity (Wildman–Crippen MR) is 68.9 cm³/mol. The van der Waals surface area contributed by atoms with Crippen LogP contribution in [0, 0.1) is 13.8 Å². The van der Waals surface area contributed by atoms with Crippen LogP contribution in [0.25, 0.3) is 0 Å². The van der Waals surface area contributed by atoms with Crippen LogP contribution in [0.2, 0.25) is 0 Å². The lowest BCUT2D eigenvalue weighted by Crippen LogP contribution is -2.29. The summed E-state index contributed by atoms with van der Waals surface area (Å²) in [5, 5.41) is 13.5. The average molecular weight is 242 g/mol. The van der Waals surface area contributed by atoms with Crippen molar-refractivity contribution in [1.29, 1.82) is 0 Å². The fourth-order valence-electron chi connectivity index (χ4n) is 1.93. The zero-order chi connectivity index (χ0) is 12.1. The molecule has 2 N–H and O–H groups in total. The number of aromatic nitrogens is 1. The van der Waals surface area contributed by atoms with Crippen LogP contribution in [-0.2, 0) is 0 Å². The second-order valence-corrected chi connectivity index (χ2v) is 5.57. The monoisotopic (exact) mass is 242 g/mol. The van der Waals surface area contributed by atoms with Gasteiger partial charge >= 0.3 is 0 Å². The summed E-state index contributed by atoms with van der Waals surface area (Å²) in [5.74, 6) is 0. The quantitative estimate of drug-likeness (QED) is 0.806. The summed E-state index contributed by atoms with van der Waals surface area (Å²) in [4.78, 5) is 5.77. The summed E-state index contributed by atoms with van der Waals surface area (Å²) in [5.41, 5.74) is 1.14. The lowest BCUT2D eigenvalue weighted by atomic mass is 10.1. The van der Waals surface area contributed by atoms with Crippen molar-refractivity contribution >= 4 is 11.3 Å². The molecule has 92 valence electrons. The molecule has 1 heterocycles. The maximum Gasteiger partial charge on any atom is 0.0900 e.